The second-order valence-corrected chi connectivity index (χ2v) is 6.59. The molecule has 1 aromatic carbocycles. The number of carbonyl (C=O) groups excluding carboxylic acids is 2. The van der Waals surface area contributed by atoms with Gasteiger partial charge in [-0.25, -0.2) is 14.2 Å². The smallest absolute Gasteiger partial charge is 0.340 e. The van der Waals surface area contributed by atoms with E-state index in [4.69, 9.17) is 9.47 Å². The Balaban J connectivity index is 1.62. The van der Waals surface area contributed by atoms with Crippen LogP contribution < -0.4 is 10.1 Å². The van der Waals surface area contributed by atoms with Crippen LogP contribution in [-0.4, -0.2) is 28.5 Å². The minimum Gasteiger partial charge on any atom is -0.462 e. The van der Waals surface area contributed by atoms with Gasteiger partial charge in [0.1, 0.15) is 17.3 Å². The number of aryl methyl sites for hydroxylation is 1. The first kappa shape index (κ1) is 21.0. The molecule has 0 saturated carbocycles. The highest BCUT2D eigenvalue weighted by Crippen LogP contribution is 2.21. The molecule has 3 aromatic rings. The van der Waals surface area contributed by atoms with Gasteiger partial charge in [0.25, 0.3) is 5.91 Å². The minimum atomic E-state index is -0.458. The molecule has 0 aliphatic heterocycles. The lowest BCUT2D eigenvalue weighted by Crippen LogP contribution is -2.24. The highest BCUT2D eigenvalue weighted by Gasteiger charge is 2.22. The Morgan fingerprint density at radius 3 is 2.67 bits per heavy atom. The number of aromatic nitrogens is 2. The fourth-order valence-electron chi connectivity index (χ4n) is 2.98. The maximum atomic E-state index is 13.2. The van der Waals surface area contributed by atoms with Crippen molar-refractivity contribution in [1.29, 1.82) is 0 Å². The van der Waals surface area contributed by atoms with Gasteiger partial charge in [0.05, 0.1) is 12.2 Å². The molecule has 0 radical (unpaired) electrons. The number of pyridine rings is 1. The lowest BCUT2D eigenvalue weighted by Gasteiger charge is -2.07. The molecule has 156 valence electrons. The van der Waals surface area contributed by atoms with Crippen LogP contribution in [0.3, 0.4) is 0 Å². The molecule has 0 spiro atoms. The molecule has 1 amide bonds. The average Bonchev–Trinajstić information content (AvgIpc) is 3.01. The molecule has 30 heavy (non-hydrogen) atoms. The summed E-state index contributed by atoms with van der Waals surface area (Å²) in [6.07, 6.45) is 1.56. The van der Waals surface area contributed by atoms with E-state index < -0.39 is 11.8 Å². The predicted octanol–water partition coefficient (Wildman–Crippen LogP) is 4.06. The van der Waals surface area contributed by atoms with Gasteiger partial charge >= 0.3 is 5.97 Å². The molecule has 2 aromatic heterocycles. The van der Waals surface area contributed by atoms with Crippen molar-refractivity contribution in [3.8, 4) is 11.6 Å². The maximum Gasteiger partial charge on any atom is 0.340 e. The van der Waals surface area contributed by atoms with Crippen molar-refractivity contribution in [2.75, 3.05) is 6.61 Å². The number of benzene rings is 1. The number of hydrogen-bond acceptors (Lipinski definition) is 5. The first-order valence-electron chi connectivity index (χ1n) is 9.42. The van der Waals surface area contributed by atoms with Crippen LogP contribution in [0.15, 0.2) is 42.6 Å². The summed E-state index contributed by atoms with van der Waals surface area (Å²) in [6.45, 7) is 5.64. The van der Waals surface area contributed by atoms with Crippen molar-refractivity contribution in [1.82, 2.24) is 15.3 Å². The van der Waals surface area contributed by atoms with Crippen molar-refractivity contribution >= 4 is 11.9 Å². The van der Waals surface area contributed by atoms with Gasteiger partial charge in [0.15, 0.2) is 0 Å². The molecule has 0 bridgehead atoms. The van der Waals surface area contributed by atoms with E-state index in [-0.39, 0.29) is 19.1 Å². The van der Waals surface area contributed by atoms with Gasteiger partial charge in [0, 0.05) is 30.6 Å². The van der Waals surface area contributed by atoms with Crippen molar-refractivity contribution in [3.63, 3.8) is 0 Å². The first-order chi connectivity index (χ1) is 14.4. The molecule has 7 nitrogen and oxygen atoms in total. The van der Waals surface area contributed by atoms with Crippen LogP contribution in [0.5, 0.6) is 11.6 Å². The topological polar surface area (TPSA) is 93.3 Å². The van der Waals surface area contributed by atoms with E-state index >= 15 is 0 Å². The zero-order valence-corrected chi connectivity index (χ0v) is 16.9. The second kappa shape index (κ2) is 9.21. The molecule has 2 heterocycles. The Kier molecular flexibility index (Phi) is 6.46. The Morgan fingerprint density at radius 1 is 1.20 bits per heavy atom. The number of carbonyl (C=O) groups is 2. The number of rotatable bonds is 7. The molecule has 0 aliphatic rings. The van der Waals surface area contributed by atoms with Gasteiger partial charge in [-0.3, -0.25) is 4.79 Å². The lowest BCUT2D eigenvalue weighted by atomic mass is 10.1. The van der Waals surface area contributed by atoms with Gasteiger partial charge in [0.2, 0.25) is 5.88 Å². The number of H-pyrrole nitrogens is 1. The first-order valence-corrected chi connectivity index (χ1v) is 9.42. The number of halogens is 1. The summed E-state index contributed by atoms with van der Waals surface area (Å²) in [7, 11) is 0. The van der Waals surface area contributed by atoms with Crippen LogP contribution in [0.2, 0.25) is 0 Å². The summed E-state index contributed by atoms with van der Waals surface area (Å²) >= 11 is 0. The summed E-state index contributed by atoms with van der Waals surface area (Å²) in [4.78, 5) is 31.7. The van der Waals surface area contributed by atoms with Crippen LogP contribution >= 0.6 is 0 Å². The van der Waals surface area contributed by atoms with E-state index in [1.165, 1.54) is 12.1 Å². The largest absolute Gasteiger partial charge is 0.462 e. The highest BCUT2D eigenvalue weighted by molar-refractivity contribution is 6.00. The van der Waals surface area contributed by atoms with Crippen LogP contribution in [0.25, 0.3) is 0 Å². The molecule has 0 saturated heterocycles. The Bertz CT molecular complexity index is 1060. The Morgan fingerprint density at radius 2 is 2.00 bits per heavy atom. The standard InChI is InChI=1S/C22H22FN3O4/c1-4-29-22(28)19-13(2)20(26-14(19)3)21(27)25-12-15-8-9-18(24-11-15)30-17-7-5-6-16(23)10-17/h5-11,26H,4,12H2,1-3H3,(H,25,27). The highest BCUT2D eigenvalue weighted by atomic mass is 19.1. The van der Waals surface area contributed by atoms with Gasteiger partial charge in [-0.2, -0.15) is 0 Å². The number of esters is 1. The molecule has 0 atom stereocenters. The second-order valence-electron chi connectivity index (χ2n) is 6.59. The number of nitrogens with one attached hydrogen (secondary N) is 2. The summed E-state index contributed by atoms with van der Waals surface area (Å²) in [5.74, 6) is -0.538. The summed E-state index contributed by atoms with van der Waals surface area (Å²) < 4.78 is 23.8. The van der Waals surface area contributed by atoms with E-state index in [1.54, 1.807) is 51.2 Å². The van der Waals surface area contributed by atoms with Gasteiger partial charge < -0.3 is 19.8 Å². The number of amides is 1. The van der Waals surface area contributed by atoms with Crippen LogP contribution in [0, 0.1) is 19.7 Å². The van der Waals surface area contributed by atoms with Crippen LogP contribution in [0.4, 0.5) is 4.39 Å². The Labute approximate surface area is 173 Å². The maximum absolute atomic E-state index is 13.2. The van der Waals surface area contributed by atoms with Gasteiger partial charge in [-0.1, -0.05) is 12.1 Å². The number of aromatic amines is 1. The minimum absolute atomic E-state index is 0.234. The molecule has 2 N–H and O–H groups in total. The summed E-state index contributed by atoms with van der Waals surface area (Å²) in [5, 5.41) is 2.79. The monoisotopic (exact) mass is 411 g/mol. The predicted molar refractivity (Wildman–Crippen MR) is 108 cm³/mol. The summed E-state index contributed by atoms with van der Waals surface area (Å²) in [5.41, 5.74) is 2.57. The van der Waals surface area contributed by atoms with Crippen molar-refractivity contribution in [2.24, 2.45) is 0 Å². The van der Waals surface area contributed by atoms with Gasteiger partial charge in [-0.05, 0) is 44.0 Å². The molecule has 0 unspecified atom stereocenters. The average molecular weight is 411 g/mol. The summed E-state index contributed by atoms with van der Waals surface area (Å²) in [6, 6.07) is 9.15. The third-order valence-corrected chi connectivity index (χ3v) is 4.41. The fraction of sp³-hybridized carbons (Fsp3) is 0.227. The van der Waals surface area contributed by atoms with E-state index in [1.807, 2.05) is 0 Å². The van der Waals surface area contributed by atoms with Crippen molar-refractivity contribution in [2.45, 2.75) is 27.3 Å². The molecule has 0 fully saturated rings. The molecule has 8 heteroatoms. The third-order valence-electron chi connectivity index (χ3n) is 4.41. The van der Waals surface area contributed by atoms with Crippen LogP contribution in [-0.2, 0) is 11.3 Å². The van der Waals surface area contributed by atoms with E-state index in [9.17, 15) is 14.0 Å². The van der Waals surface area contributed by atoms with Crippen LogP contribution in [0.1, 0.15) is 44.6 Å². The van der Waals surface area contributed by atoms with Crippen molar-refractivity contribution < 1.29 is 23.5 Å². The van der Waals surface area contributed by atoms with E-state index in [0.29, 0.717) is 34.1 Å². The molecular formula is C22H22FN3O4. The number of hydrogen-bond donors (Lipinski definition) is 2. The van der Waals surface area contributed by atoms with E-state index in [0.717, 1.165) is 5.56 Å². The van der Waals surface area contributed by atoms with Gasteiger partial charge in [-0.15, -0.1) is 0 Å². The number of nitrogens with zero attached hydrogens (tertiary/aromatic N) is 1. The molecule has 3 rings (SSSR count). The SMILES string of the molecule is CCOC(=O)c1c(C)[nH]c(C(=O)NCc2ccc(Oc3cccc(F)c3)nc2)c1C. The third kappa shape index (κ3) is 4.83. The van der Waals surface area contributed by atoms with Crippen molar-refractivity contribution in [3.05, 3.63) is 76.5 Å². The molecule has 0 aliphatic carbocycles. The van der Waals surface area contributed by atoms with E-state index in [2.05, 4.69) is 15.3 Å². The fourth-order valence-corrected chi connectivity index (χ4v) is 2.98. The normalized spacial score (nSPS) is 10.5. The quantitative estimate of drug-likeness (QED) is 0.572. The lowest BCUT2D eigenvalue weighted by molar-refractivity contribution is 0.0525. The number of ether oxygens (including phenoxy) is 2. The molecular weight excluding hydrogens is 389 g/mol. The zero-order chi connectivity index (χ0) is 21.7. The Hall–Kier alpha value is -3.68. The zero-order valence-electron chi connectivity index (χ0n) is 16.9.